The molecule has 0 atom stereocenters. The average molecular weight is 268 g/mol. The minimum atomic E-state index is 0.435. The van der Waals surface area contributed by atoms with Crippen LogP contribution in [0.2, 0.25) is 10.0 Å². The van der Waals surface area contributed by atoms with Crippen molar-refractivity contribution < 1.29 is 0 Å². The highest BCUT2D eigenvalue weighted by molar-refractivity contribution is 6.43. The number of anilines is 1. The van der Waals surface area contributed by atoms with Gasteiger partial charge in [-0.2, -0.15) is 0 Å². The van der Waals surface area contributed by atoms with Crippen molar-refractivity contribution in [2.24, 2.45) is 0 Å². The third kappa shape index (κ3) is 2.08. The predicted octanol–water partition coefficient (Wildman–Crippen LogP) is 3.65. The summed E-state index contributed by atoms with van der Waals surface area (Å²) in [5.41, 5.74) is 9.05. The third-order valence-electron chi connectivity index (χ3n) is 2.77. The average Bonchev–Trinajstić information content (AvgIpc) is 2.31. The quantitative estimate of drug-likeness (QED) is 0.858. The van der Waals surface area contributed by atoms with Crippen molar-refractivity contribution in [3.05, 3.63) is 39.4 Å². The number of hydrogen-bond acceptors (Lipinski definition) is 3. The lowest BCUT2D eigenvalue weighted by molar-refractivity contribution is 1.01. The number of nitrogen functional groups attached to an aromatic ring is 1. The molecule has 0 saturated heterocycles. The molecule has 0 unspecified atom stereocenters. The number of nitrogens with zero attached hydrogens (tertiary/aromatic N) is 2. The summed E-state index contributed by atoms with van der Waals surface area (Å²) in [6, 6.07) is 5.43. The molecule has 0 fully saturated rings. The summed E-state index contributed by atoms with van der Waals surface area (Å²) in [7, 11) is 0. The number of halogens is 2. The van der Waals surface area contributed by atoms with Gasteiger partial charge in [-0.25, -0.2) is 0 Å². The van der Waals surface area contributed by atoms with Gasteiger partial charge < -0.3 is 5.73 Å². The van der Waals surface area contributed by atoms with Gasteiger partial charge in [0.2, 0.25) is 0 Å². The monoisotopic (exact) mass is 267 g/mol. The van der Waals surface area contributed by atoms with Crippen molar-refractivity contribution in [3.8, 4) is 11.3 Å². The van der Waals surface area contributed by atoms with E-state index in [0.29, 0.717) is 21.6 Å². The molecule has 0 aliphatic heterocycles. The summed E-state index contributed by atoms with van der Waals surface area (Å²) < 4.78 is 0. The molecule has 0 saturated carbocycles. The van der Waals surface area contributed by atoms with E-state index >= 15 is 0 Å². The van der Waals surface area contributed by atoms with Gasteiger partial charge in [-0.05, 0) is 31.0 Å². The second-order valence-corrected chi connectivity index (χ2v) is 4.57. The molecule has 88 valence electrons. The van der Waals surface area contributed by atoms with Crippen LogP contribution in [0.25, 0.3) is 11.3 Å². The first-order chi connectivity index (χ1) is 8.02. The van der Waals surface area contributed by atoms with Crippen molar-refractivity contribution in [2.75, 3.05) is 5.73 Å². The van der Waals surface area contributed by atoms with Gasteiger partial charge in [0.05, 0.1) is 15.7 Å². The van der Waals surface area contributed by atoms with E-state index in [1.165, 1.54) is 0 Å². The summed E-state index contributed by atoms with van der Waals surface area (Å²) in [4.78, 5) is 0. The molecule has 0 radical (unpaired) electrons. The van der Waals surface area contributed by atoms with Crippen LogP contribution in [0.5, 0.6) is 0 Å². The van der Waals surface area contributed by atoms with Crippen LogP contribution in [0.3, 0.4) is 0 Å². The van der Waals surface area contributed by atoms with Gasteiger partial charge in [-0.1, -0.05) is 35.3 Å². The molecule has 1 heterocycles. The Morgan fingerprint density at radius 3 is 2.47 bits per heavy atom. The Morgan fingerprint density at radius 1 is 1.06 bits per heavy atom. The van der Waals surface area contributed by atoms with Crippen LogP contribution in [0.1, 0.15) is 11.1 Å². The Labute approximate surface area is 110 Å². The van der Waals surface area contributed by atoms with Gasteiger partial charge in [0.15, 0.2) is 0 Å². The maximum absolute atomic E-state index is 6.16. The minimum absolute atomic E-state index is 0.435. The van der Waals surface area contributed by atoms with E-state index in [1.54, 1.807) is 6.07 Å². The molecule has 1 aromatic carbocycles. The van der Waals surface area contributed by atoms with Gasteiger partial charge in [0, 0.05) is 5.56 Å². The lowest BCUT2D eigenvalue weighted by Crippen LogP contribution is -2.02. The van der Waals surface area contributed by atoms with Crippen molar-refractivity contribution in [1.29, 1.82) is 0 Å². The van der Waals surface area contributed by atoms with Gasteiger partial charge in [-0.15, -0.1) is 10.2 Å². The Bertz CT molecular complexity index is 582. The molecule has 0 aliphatic carbocycles. The van der Waals surface area contributed by atoms with E-state index in [2.05, 4.69) is 10.2 Å². The molecule has 2 N–H and O–H groups in total. The van der Waals surface area contributed by atoms with E-state index in [9.17, 15) is 0 Å². The summed E-state index contributed by atoms with van der Waals surface area (Å²) in [6.07, 6.45) is 0. The first kappa shape index (κ1) is 12.1. The molecular weight excluding hydrogens is 257 g/mol. The molecule has 2 aromatic rings. The highest BCUT2D eigenvalue weighted by Gasteiger charge is 2.13. The van der Waals surface area contributed by atoms with E-state index in [4.69, 9.17) is 28.9 Å². The van der Waals surface area contributed by atoms with Crippen LogP contribution in [-0.4, -0.2) is 10.2 Å². The summed E-state index contributed by atoms with van der Waals surface area (Å²) in [5, 5.41) is 8.99. The largest absolute Gasteiger partial charge is 0.382 e. The molecule has 0 aliphatic rings. The number of rotatable bonds is 1. The standard InChI is InChI=1S/C12H11Cl2N3/c1-6-7(2)12(15)17-16-11(6)8-4-3-5-9(13)10(8)14/h3-5H,1-2H3,(H2,15,17). The van der Waals surface area contributed by atoms with Crippen molar-refractivity contribution in [3.63, 3.8) is 0 Å². The smallest absolute Gasteiger partial charge is 0.149 e. The van der Waals surface area contributed by atoms with Gasteiger partial charge in [0.1, 0.15) is 5.82 Å². The number of aromatic nitrogens is 2. The normalized spacial score (nSPS) is 10.6. The third-order valence-corrected chi connectivity index (χ3v) is 3.59. The highest BCUT2D eigenvalue weighted by Crippen LogP contribution is 2.34. The number of hydrogen-bond donors (Lipinski definition) is 1. The zero-order valence-electron chi connectivity index (χ0n) is 9.46. The second-order valence-electron chi connectivity index (χ2n) is 3.79. The summed E-state index contributed by atoms with van der Waals surface area (Å²) >= 11 is 12.1. The summed E-state index contributed by atoms with van der Waals surface area (Å²) in [5.74, 6) is 0.435. The molecule has 0 spiro atoms. The minimum Gasteiger partial charge on any atom is -0.382 e. The fraction of sp³-hybridized carbons (Fsp3) is 0.167. The topological polar surface area (TPSA) is 51.8 Å². The molecule has 5 heteroatoms. The van der Waals surface area contributed by atoms with Crippen LogP contribution in [-0.2, 0) is 0 Å². The fourth-order valence-electron chi connectivity index (χ4n) is 1.57. The first-order valence-corrected chi connectivity index (χ1v) is 5.81. The molecule has 17 heavy (non-hydrogen) atoms. The fourth-order valence-corrected chi connectivity index (χ4v) is 1.96. The maximum Gasteiger partial charge on any atom is 0.149 e. The molecule has 2 rings (SSSR count). The number of nitrogens with two attached hydrogens (primary N) is 1. The predicted molar refractivity (Wildman–Crippen MR) is 71.4 cm³/mol. The van der Waals surface area contributed by atoms with Gasteiger partial charge in [0.25, 0.3) is 0 Å². The van der Waals surface area contributed by atoms with Gasteiger partial charge >= 0.3 is 0 Å². The molecule has 0 amide bonds. The second kappa shape index (κ2) is 4.51. The highest BCUT2D eigenvalue weighted by atomic mass is 35.5. The van der Waals surface area contributed by atoms with Crippen molar-refractivity contribution >= 4 is 29.0 Å². The van der Waals surface area contributed by atoms with Crippen molar-refractivity contribution in [1.82, 2.24) is 10.2 Å². The first-order valence-electron chi connectivity index (χ1n) is 5.06. The molecule has 1 aromatic heterocycles. The molecule has 0 bridgehead atoms. The van der Waals surface area contributed by atoms with Crippen LogP contribution in [0, 0.1) is 13.8 Å². The number of benzene rings is 1. The molecular formula is C12H11Cl2N3. The van der Waals surface area contributed by atoms with Crippen LogP contribution >= 0.6 is 23.2 Å². The molecule has 3 nitrogen and oxygen atoms in total. The Balaban J connectivity index is 2.69. The zero-order chi connectivity index (χ0) is 12.6. The van der Waals surface area contributed by atoms with E-state index in [0.717, 1.165) is 16.7 Å². The lowest BCUT2D eigenvalue weighted by Gasteiger charge is -2.10. The Kier molecular flexibility index (Phi) is 3.22. The summed E-state index contributed by atoms with van der Waals surface area (Å²) in [6.45, 7) is 3.84. The van der Waals surface area contributed by atoms with Crippen LogP contribution in [0.4, 0.5) is 5.82 Å². The Hall–Kier alpha value is -1.32. The zero-order valence-corrected chi connectivity index (χ0v) is 11.0. The maximum atomic E-state index is 6.16. The van der Waals surface area contributed by atoms with E-state index in [1.807, 2.05) is 26.0 Å². The van der Waals surface area contributed by atoms with Crippen LogP contribution in [0.15, 0.2) is 18.2 Å². The van der Waals surface area contributed by atoms with Gasteiger partial charge in [-0.3, -0.25) is 0 Å². The lowest BCUT2D eigenvalue weighted by atomic mass is 10.0. The van der Waals surface area contributed by atoms with Crippen molar-refractivity contribution in [2.45, 2.75) is 13.8 Å². The van der Waals surface area contributed by atoms with E-state index in [-0.39, 0.29) is 0 Å². The van der Waals surface area contributed by atoms with E-state index < -0.39 is 0 Å². The van der Waals surface area contributed by atoms with Crippen LogP contribution < -0.4 is 5.73 Å². The SMILES string of the molecule is Cc1c(N)nnc(-c2cccc(Cl)c2Cl)c1C. The Morgan fingerprint density at radius 2 is 1.76 bits per heavy atom.